The zero-order chi connectivity index (χ0) is 28.6. The molecular formula is C27H26F4N6O2. The first-order chi connectivity index (χ1) is 18.3. The predicted molar refractivity (Wildman–Crippen MR) is 136 cm³/mol. The number of nitrogens with one attached hydrogen (secondary N) is 1. The van der Waals surface area contributed by atoms with Crippen molar-refractivity contribution in [2.24, 2.45) is 0 Å². The number of nitriles is 1. The minimum absolute atomic E-state index is 0.0567. The summed E-state index contributed by atoms with van der Waals surface area (Å²) >= 11 is 0. The normalized spacial score (nSPS) is 13.6. The molecule has 4 aromatic rings. The van der Waals surface area contributed by atoms with E-state index in [9.17, 15) is 22.7 Å². The third-order valence-electron chi connectivity index (χ3n) is 6.48. The van der Waals surface area contributed by atoms with Crippen molar-refractivity contribution in [3.8, 4) is 17.5 Å². The Hall–Kier alpha value is -4.24. The molecule has 39 heavy (non-hydrogen) atoms. The van der Waals surface area contributed by atoms with E-state index in [-0.39, 0.29) is 23.0 Å². The first-order valence-corrected chi connectivity index (χ1v) is 11.9. The van der Waals surface area contributed by atoms with Crippen molar-refractivity contribution >= 4 is 16.9 Å². The number of methoxy groups -OCH3 is 1. The van der Waals surface area contributed by atoms with Crippen LogP contribution in [0.25, 0.3) is 16.7 Å². The molecule has 2 N–H and O–H groups in total. The van der Waals surface area contributed by atoms with Gasteiger partial charge in [0.2, 0.25) is 0 Å². The number of anilines is 1. The van der Waals surface area contributed by atoms with E-state index in [4.69, 9.17) is 10.00 Å². The molecule has 1 unspecified atom stereocenters. The van der Waals surface area contributed by atoms with Crippen molar-refractivity contribution in [2.45, 2.75) is 44.4 Å². The number of ether oxygens (including phenoxy) is 1. The molecule has 0 radical (unpaired) electrons. The number of benzene rings is 2. The average molecular weight is 543 g/mol. The Morgan fingerprint density at radius 1 is 1.10 bits per heavy atom. The van der Waals surface area contributed by atoms with Gasteiger partial charge in [-0.3, -0.25) is 0 Å². The highest BCUT2D eigenvalue weighted by molar-refractivity contribution is 5.87. The Bertz CT molecular complexity index is 1540. The van der Waals surface area contributed by atoms with E-state index in [1.807, 2.05) is 6.07 Å². The van der Waals surface area contributed by atoms with Gasteiger partial charge in [-0.15, -0.1) is 0 Å². The minimum Gasteiger partial charge on any atom is -0.496 e. The van der Waals surface area contributed by atoms with E-state index < -0.39 is 36.0 Å². The van der Waals surface area contributed by atoms with Crippen molar-refractivity contribution in [1.29, 1.82) is 5.26 Å². The molecule has 1 atom stereocenters. The van der Waals surface area contributed by atoms with Gasteiger partial charge in [-0.25, -0.2) is 19.0 Å². The van der Waals surface area contributed by atoms with E-state index >= 15 is 0 Å². The number of hydrogen-bond donors (Lipinski definition) is 2. The number of halogens is 4. The van der Waals surface area contributed by atoms with Crippen LogP contribution in [0, 0.1) is 24.1 Å². The molecule has 2 aromatic carbocycles. The lowest BCUT2D eigenvalue weighted by atomic mass is 9.74. The second-order valence-corrected chi connectivity index (χ2v) is 9.86. The van der Waals surface area contributed by atoms with Crippen LogP contribution in [0.3, 0.4) is 0 Å². The fourth-order valence-electron chi connectivity index (χ4n) is 4.55. The van der Waals surface area contributed by atoms with Gasteiger partial charge in [-0.2, -0.15) is 23.5 Å². The molecule has 2 aromatic heterocycles. The molecule has 0 saturated carbocycles. The van der Waals surface area contributed by atoms with Crippen molar-refractivity contribution < 1.29 is 27.4 Å². The van der Waals surface area contributed by atoms with Crippen molar-refractivity contribution in [2.75, 3.05) is 19.0 Å². The van der Waals surface area contributed by atoms with Gasteiger partial charge in [0.15, 0.2) is 11.2 Å². The number of fused-ring (bicyclic) bond motifs is 1. The molecule has 4 rings (SSSR count). The second kappa shape index (κ2) is 10.1. The summed E-state index contributed by atoms with van der Waals surface area (Å²) in [4.78, 5) is 8.63. The fourth-order valence-corrected chi connectivity index (χ4v) is 4.55. The summed E-state index contributed by atoms with van der Waals surface area (Å²) < 4.78 is 63.7. The van der Waals surface area contributed by atoms with Crippen LogP contribution in [-0.2, 0) is 5.41 Å². The topological polar surface area (TPSA) is 109 Å². The Balaban J connectivity index is 1.68. The van der Waals surface area contributed by atoms with Gasteiger partial charge in [0.1, 0.15) is 23.2 Å². The maximum Gasteiger partial charge on any atom is 0.418 e. The summed E-state index contributed by atoms with van der Waals surface area (Å²) in [5, 5.41) is 27.3. The van der Waals surface area contributed by atoms with E-state index in [1.54, 1.807) is 31.2 Å². The zero-order valence-electron chi connectivity index (χ0n) is 21.6. The Morgan fingerprint density at radius 3 is 2.41 bits per heavy atom. The van der Waals surface area contributed by atoms with Crippen LogP contribution in [0.5, 0.6) is 5.75 Å². The van der Waals surface area contributed by atoms with Crippen LogP contribution >= 0.6 is 0 Å². The SMILES string of the molecule is COc1ccc(F)cc1C(C)(C)CC(O)(CNc1nc(C)nc2c1cnn2-c1ccc(C#N)cc1)C(F)(F)F. The summed E-state index contributed by atoms with van der Waals surface area (Å²) in [6.07, 6.45) is -4.43. The van der Waals surface area contributed by atoms with Crippen molar-refractivity contribution in [1.82, 2.24) is 19.7 Å². The van der Waals surface area contributed by atoms with Crippen LogP contribution in [0.2, 0.25) is 0 Å². The van der Waals surface area contributed by atoms with Crippen molar-refractivity contribution in [3.05, 3.63) is 71.4 Å². The third kappa shape index (κ3) is 5.49. The lowest BCUT2D eigenvalue weighted by molar-refractivity contribution is -0.260. The zero-order valence-corrected chi connectivity index (χ0v) is 21.6. The number of rotatable bonds is 8. The van der Waals surface area contributed by atoms with Gasteiger partial charge in [-0.05, 0) is 61.2 Å². The third-order valence-corrected chi connectivity index (χ3v) is 6.48. The molecule has 0 spiro atoms. The van der Waals surface area contributed by atoms with Gasteiger partial charge >= 0.3 is 6.18 Å². The Kier molecular flexibility index (Phi) is 7.23. The molecule has 2 heterocycles. The standard InChI is InChI=1S/C27H26F4N6O2/c1-16-35-23(20-13-34-37(24(20)36-16)19-8-5-17(12-32)6-9-19)33-15-26(38,27(29,30)31)14-25(2,3)21-11-18(28)7-10-22(21)39-4/h5-11,13,38H,14-15H2,1-4H3,(H,33,35,36). The molecule has 8 nitrogen and oxygen atoms in total. The van der Waals surface area contributed by atoms with Crippen LogP contribution in [0.15, 0.2) is 48.7 Å². The van der Waals surface area contributed by atoms with E-state index in [1.165, 1.54) is 37.9 Å². The maximum absolute atomic E-state index is 14.3. The summed E-state index contributed by atoms with van der Waals surface area (Å²) in [5.74, 6) is -0.102. The summed E-state index contributed by atoms with van der Waals surface area (Å²) in [7, 11) is 1.34. The van der Waals surface area contributed by atoms with Crippen LogP contribution in [-0.4, -0.2) is 50.3 Å². The first-order valence-electron chi connectivity index (χ1n) is 11.9. The van der Waals surface area contributed by atoms with Gasteiger partial charge in [0, 0.05) is 5.56 Å². The van der Waals surface area contributed by atoms with Crippen LogP contribution in [0.4, 0.5) is 23.4 Å². The summed E-state index contributed by atoms with van der Waals surface area (Å²) in [6.45, 7) is 3.60. The monoisotopic (exact) mass is 542 g/mol. The number of aromatic nitrogens is 4. The van der Waals surface area contributed by atoms with Gasteiger partial charge in [0.25, 0.3) is 0 Å². The highest BCUT2D eigenvalue weighted by Gasteiger charge is 2.56. The Labute approximate surface area is 221 Å². The van der Waals surface area contributed by atoms with E-state index in [0.29, 0.717) is 22.3 Å². The molecule has 0 saturated heterocycles. The number of nitrogens with zero attached hydrogens (tertiary/aromatic N) is 5. The lowest BCUT2D eigenvalue weighted by Gasteiger charge is -2.38. The molecule has 0 bridgehead atoms. The van der Waals surface area contributed by atoms with Gasteiger partial charge in [0.05, 0.1) is 42.6 Å². The molecule has 0 amide bonds. The quantitative estimate of drug-likeness (QED) is 0.294. The number of aryl methyl sites for hydroxylation is 1. The van der Waals surface area contributed by atoms with Gasteiger partial charge < -0.3 is 15.2 Å². The number of hydrogen-bond acceptors (Lipinski definition) is 7. The number of alkyl halides is 3. The minimum atomic E-state index is -5.04. The molecule has 0 fully saturated rings. The molecule has 0 aliphatic heterocycles. The largest absolute Gasteiger partial charge is 0.496 e. The molecule has 0 aliphatic rings. The van der Waals surface area contributed by atoms with Crippen molar-refractivity contribution in [3.63, 3.8) is 0 Å². The summed E-state index contributed by atoms with van der Waals surface area (Å²) in [5.41, 5.74) is -3.00. The van der Waals surface area contributed by atoms with Gasteiger partial charge in [-0.1, -0.05) is 13.8 Å². The smallest absolute Gasteiger partial charge is 0.418 e. The van der Waals surface area contributed by atoms with E-state index in [2.05, 4.69) is 20.4 Å². The highest BCUT2D eigenvalue weighted by atomic mass is 19.4. The molecule has 0 aliphatic carbocycles. The fraction of sp³-hybridized carbons (Fsp3) is 0.333. The Morgan fingerprint density at radius 2 is 1.79 bits per heavy atom. The maximum atomic E-state index is 14.3. The first kappa shape index (κ1) is 27.8. The second-order valence-electron chi connectivity index (χ2n) is 9.86. The molecular weight excluding hydrogens is 516 g/mol. The molecule has 204 valence electrons. The van der Waals surface area contributed by atoms with E-state index in [0.717, 1.165) is 12.1 Å². The average Bonchev–Trinajstić information content (AvgIpc) is 3.30. The molecule has 12 heteroatoms. The van der Waals surface area contributed by atoms with Crippen LogP contribution in [0.1, 0.15) is 37.2 Å². The highest BCUT2D eigenvalue weighted by Crippen LogP contribution is 2.44. The lowest BCUT2D eigenvalue weighted by Crippen LogP contribution is -2.53. The van der Waals surface area contributed by atoms with Crippen LogP contribution < -0.4 is 10.1 Å². The number of aliphatic hydroxyl groups is 1. The summed E-state index contributed by atoms with van der Waals surface area (Å²) in [6, 6.07) is 12.2. The predicted octanol–water partition coefficient (Wildman–Crippen LogP) is 5.22.